The van der Waals surface area contributed by atoms with Crippen LogP contribution in [0, 0.1) is 11.8 Å². The van der Waals surface area contributed by atoms with Gasteiger partial charge in [-0.05, 0) is 38.3 Å². The van der Waals surface area contributed by atoms with E-state index in [0.29, 0.717) is 5.92 Å². The van der Waals surface area contributed by atoms with Gasteiger partial charge in [0.05, 0.1) is 0 Å². The Kier molecular flexibility index (Phi) is 6.08. The number of nitrogens with zero attached hydrogens (tertiary/aromatic N) is 1. The van der Waals surface area contributed by atoms with Gasteiger partial charge in [0.2, 0.25) is 0 Å². The van der Waals surface area contributed by atoms with Crippen molar-refractivity contribution in [1.29, 1.82) is 0 Å². The van der Waals surface area contributed by atoms with E-state index in [1.165, 1.54) is 38.5 Å². The summed E-state index contributed by atoms with van der Waals surface area (Å²) in [5.41, 5.74) is 0. The lowest BCUT2D eigenvalue weighted by Crippen LogP contribution is -2.25. The van der Waals surface area contributed by atoms with E-state index in [9.17, 15) is 0 Å². The maximum Gasteiger partial charge on any atom is 0.182 e. The maximum atomic E-state index is 5.73. The van der Waals surface area contributed by atoms with Crippen LogP contribution in [-0.2, 0) is 0 Å². The lowest BCUT2D eigenvalue weighted by atomic mass is 9.81. The summed E-state index contributed by atoms with van der Waals surface area (Å²) in [4.78, 5) is 1.82. The Morgan fingerprint density at radius 3 is 2.60 bits per heavy atom. The van der Waals surface area contributed by atoms with E-state index in [1.54, 1.807) is 0 Å². The molecule has 2 heteroatoms. The first kappa shape index (κ1) is 12.8. The fourth-order valence-corrected chi connectivity index (χ4v) is 2.78. The van der Waals surface area contributed by atoms with Crippen LogP contribution in [0.3, 0.4) is 0 Å². The van der Waals surface area contributed by atoms with Gasteiger partial charge in [-0.3, -0.25) is 0 Å². The molecule has 0 aromatic carbocycles. The van der Waals surface area contributed by atoms with Gasteiger partial charge in [-0.25, -0.2) is 0 Å². The molecule has 0 bridgehead atoms. The molecule has 1 aliphatic carbocycles. The van der Waals surface area contributed by atoms with Gasteiger partial charge in [-0.2, -0.15) is 0 Å². The molecule has 1 atom stereocenters. The van der Waals surface area contributed by atoms with Crippen molar-refractivity contribution in [3.05, 3.63) is 12.7 Å². The van der Waals surface area contributed by atoms with Crippen LogP contribution in [0.15, 0.2) is 12.7 Å². The Morgan fingerprint density at radius 1 is 1.40 bits per heavy atom. The highest BCUT2D eigenvalue weighted by atomic mass is 15.0. The van der Waals surface area contributed by atoms with E-state index < -0.39 is 0 Å². The summed E-state index contributed by atoms with van der Waals surface area (Å²) in [7, 11) is 7.68. The molecule has 0 saturated heterocycles. The third-order valence-electron chi connectivity index (χ3n) is 3.44. The van der Waals surface area contributed by atoms with Crippen LogP contribution in [0.5, 0.6) is 0 Å². The molecule has 0 heterocycles. The average Bonchev–Trinajstić information content (AvgIpc) is 2.18. The molecule has 15 heavy (non-hydrogen) atoms. The lowest BCUT2D eigenvalue weighted by Gasteiger charge is -2.27. The monoisotopic (exact) mass is 205 g/mol. The Balaban J connectivity index is 2.31. The quantitative estimate of drug-likeness (QED) is 0.475. The van der Waals surface area contributed by atoms with Gasteiger partial charge in [-0.15, -0.1) is 6.58 Å². The van der Waals surface area contributed by atoms with Gasteiger partial charge in [0.1, 0.15) is 0 Å². The van der Waals surface area contributed by atoms with E-state index in [1.807, 2.05) is 17.9 Å². The zero-order valence-corrected chi connectivity index (χ0v) is 10.1. The number of hydrogen-bond acceptors (Lipinski definition) is 1. The van der Waals surface area contributed by atoms with E-state index >= 15 is 0 Å². The number of rotatable bonds is 6. The SMILES string of the molecule is [B]N(C)C[C@@H](CC=C)CC1CCCCC1. The number of hydrogen-bond donors (Lipinski definition) is 0. The zero-order valence-electron chi connectivity index (χ0n) is 10.1. The third kappa shape index (κ3) is 5.41. The molecule has 0 aliphatic heterocycles. The molecule has 0 aromatic rings. The molecular weight excluding hydrogens is 181 g/mol. The summed E-state index contributed by atoms with van der Waals surface area (Å²) in [6.45, 7) is 4.84. The molecule has 2 radical (unpaired) electrons. The van der Waals surface area contributed by atoms with Crippen molar-refractivity contribution >= 4 is 7.98 Å². The molecule has 1 saturated carbocycles. The first-order chi connectivity index (χ1) is 7.22. The molecule has 1 aliphatic rings. The van der Waals surface area contributed by atoms with Crippen molar-refractivity contribution in [1.82, 2.24) is 4.81 Å². The van der Waals surface area contributed by atoms with E-state index in [-0.39, 0.29) is 0 Å². The highest BCUT2D eigenvalue weighted by Crippen LogP contribution is 2.30. The minimum Gasteiger partial charge on any atom is -0.356 e. The molecule has 0 unspecified atom stereocenters. The fourth-order valence-electron chi connectivity index (χ4n) is 2.78. The Labute approximate surface area is 96.4 Å². The minimum atomic E-state index is 0.709. The highest BCUT2D eigenvalue weighted by Gasteiger charge is 2.18. The van der Waals surface area contributed by atoms with Crippen LogP contribution in [-0.4, -0.2) is 26.4 Å². The Hall–Kier alpha value is -0.235. The molecule has 0 amide bonds. The summed E-state index contributed by atoms with van der Waals surface area (Å²) in [6.07, 6.45) is 11.7. The Morgan fingerprint density at radius 2 is 2.07 bits per heavy atom. The van der Waals surface area contributed by atoms with Crippen molar-refractivity contribution < 1.29 is 0 Å². The maximum absolute atomic E-state index is 5.73. The van der Waals surface area contributed by atoms with Crippen molar-refractivity contribution in [2.24, 2.45) is 11.8 Å². The summed E-state index contributed by atoms with van der Waals surface area (Å²) >= 11 is 0. The highest BCUT2D eigenvalue weighted by molar-refractivity contribution is 6.04. The topological polar surface area (TPSA) is 3.24 Å². The first-order valence-corrected chi connectivity index (χ1v) is 6.29. The largest absolute Gasteiger partial charge is 0.356 e. The molecule has 1 nitrogen and oxygen atoms in total. The second-order valence-electron chi connectivity index (χ2n) is 5.07. The Bertz CT molecular complexity index is 173. The van der Waals surface area contributed by atoms with Gasteiger partial charge in [-0.1, -0.05) is 38.2 Å². The van der Waals surface area contributed by atoms with Gasteiger partial charge in [0, 0.05) is 0 Å². The van der Waals surface area contributed by atoms with Crippen molar-refractivity contribution in [3.63, 3.8) is 0 Å². The van der Waals surface area contributed by atoms with E-state index in [2.05, 4.69) is 6.58 Å². The minimum absolute atomic E-state index is 0.709. The summed E-state index contributed by atoms with van der Waals surface area (Å²) in [6, 6.07) is 0. The van der Waals surface area contributed by atoms with Crippen LogP contribution in [0.4, 0.5) is 0 Å². The van der Waals surface area contributed by atoms with Crippen molar-refractivity contribution in [3.8, 4) is 0 Å². The third-order valence-corrected chi connectivity index (χ3v) is 3.44. The fraction of sp³-hybridized carbons (Fsp3) is 0.846. The standard InChI is InChI=1S/C13H24BN/c1-3-7-13(11-15(2)14)10-12-8-5-4-6-9-12/h3,12-13H,1,4-11H2,2H3/t13-/m0/s1. The second-order valence-corrected chi connectivity index (χ2v) is 5.07. The first-order valence-electron chi connectivity index (χ1n) is 6.29. The van der Waals surface area contributed by atoms with Crippen LogP contribution in [0.1, 0.15) is 44.9 Å². The van der Waals surface area contributed by atoms with Gasteiger partial charge >= 0.3 is 0 Å². The number of allylic oxidation sites excluding steroid dienone is 1. The summed E-state index contributed by atoms with van der Waals surface area (Å²) in [5.74, 6) is 1.66. The molecule has 1 fully saturated rings. The summed E-state index contributed by atoms with van der Waals surface area (Å²) < 4.78 is 0. The van der Waals surface area contributed by atoms with Gasteiger partial charge in [0.15, 0.2) is 7.98 Å². The van der Waals surface area contributed by atoms with Crippen LogP contribution < -0.4 is 0 Å². The van der Waals surface area contributed by atoms with E-state index in [0.717, 1.165) is 18.9 Å². The van der Waals surface area contributed by atoms with Crippen LogP contribution in [0.25, 0.3) is 0 Å². The predicted octanol–water partition coefficient (Wildman–Crippen LogP) is 3.16. The average molecular weight is 205 g/mol. The lowest BCUT2D eigenvalue weighted by molar-refractivity contribution is 0.266. The van der Waals surface area contributed by atoms with Crippen LogP contribution >= 0.6 is 0 Å². The van der Waals surface area contributed by atoms with Crippen LogP contribution in [0.2, 0.25) is 0 Å². The van der Waals surface area contributed by atoms with Gasteiger partial charge in [0.25, 0.3) is 0 Å². The van der Waals surface area contributed by atoms with Crippen molar-refractivity contribution in [2.75, 3.05) is 13.6 Å². The summed E-state index contributed by atoms with van der Waals surface area (Å²) in [5, 5.41) is 0. The molecule has 0 N–H and O–H groups in total. The zero-order chi connectivity index (χ0) is 11.1. The van der Waals surface area contributed by atoms with E-state index in [4.69, 9.17) is 7.98 Å². The molecule has 1 rings (SSSR count). The van der Waals surface area contributed by atoms with Crippen molar-refractivity contribution in [2.45, 2.75) is 44.9 Å². The second kappa shape index (κ2) is 7.11. The smallest absolute Gasteiger partial charge is 0.182 e. The molecule has 0 aromatic heterocycles. The predicted molar refractivity (Wildman–Crippen MR) is 67.9 cm³/mol. The molecule has 0 spiro atoms. The normalized spacial score (nSPS) is 20.4. The van der Waals surface area contributed by atoms with Gasteiger partial charge < -0.3 is 4.81 Å². The molecular formula is C13H24BN. The molecule has 84 valence electrons.